The van der Waals surface area contributed by atoms with Crippen molar-refractivity contribution in [2.75, 3.05) is 26.4 Å². The molecule has 0 saturated carbocycles. The summed E-state index contributed by atoms with van der Waals surface area (Å²) in [5.74, 6) is 0.00802. The van der Waals surface area contributed by atoms with Crippen LogP contribution in [0.2, 0.25) is 0 Å². The van der Waals surface area contributed by atoms with Gasteiger partial charge in [0.2, 0.25) is 5.91 Å². The first-order valence-corrected chi connectivity index (χ1v) is 11.1. The van der Waals surface area contributed by atoms with E-state index in [4.69, 9.17) is 9.47 Å². The molecular formula is C22H25FN2O4ReS. The van der Waals surface area contributed by atoms with E-state index in [0.717, 1.165) is 24.9 Å². The van der Waals surface area contributed by atoms with Crippen LogP contribution < -0.4 is 10.1 Å². The number of fused-ring (bicyclic) bond motifs is 6. The van der Waals surface area contributed by atoms with Crippen molar-refractivity contribution < 1.29 is 49.2 Å². The van der Waals surface area contributed by atoms with Gasteiger partial charge in [0.15, 0.2) is 0 Å². The van der Waals surface area contributed by atoms with Crippen molar-refractivity contribution in [3.8, 4) is 16.9 Å². The predicted octanol–water partition coefficient (Wildman–Crippen LogP) is 2.60. The minimum Gasteiger partial charge on any atom is -0.491 e. The van der Waals surface area contributed by atoms with Crippen LogP contribution in [0.1, 0.15) is 35.4 Å². The van der Waals surface area contributed by atoms with Gasteiger partial charge >= 0.3 is 5.91 Å². The van der Waals surface area contributed by atoms with Gasteiger partial charge in [-0.15, -0.1) is 17.9 Å². The van der Waals surface area contributed by atoms with Gasteiger partial charge in [-0.05, 0) is 60.6 Å². The van der Waals surface area contributed by atoms with Gasteiger partial charge in [0, 0.05) is 46.1 Å². The van der Waals surface area contributed by atoms with E-state index < -0.39 is 5.82 Å². The molecule has 1 aromatic carbocycles. The first-order chi connectivity index (χ1) is 14.6. The number of nitrogens with two attached hydrogens (primary N) is 1. The van der Waals surface area contributed by atoms with E-state index in [1.165, 1.54) is 28.8 Å². The number of halogens is 1. The Hall–Kier alpha value is -1.63. The van der Waals surface area contributed by atoms with E-state index in [1.54, 1.807) is 18.7 Å². The molecule has 1 atom stereocenters. The number of amides is 2. The molecular weight excluding hydrogens is 594 g/mol. The molecule has 0 spiro atoms. The molecule has 1 fully saturated rings. The van der Waals surface area contributed by atoms with Gasteiger partial charge in [-0.25, -0.2) is 9.18 Å². The SMILES string of the molecule is O=C1[NH2+][CH-]COCCCC(=O)N2CCC[C@H]2COc2cc(F)cc(c2)-c2csc1c2.[Re]. The standard InChI is InChI=1S/C22H25FN2O4S.Re/c23-17-9-15-10-19(12-17)29-13-18-3-1-6-25(18)21(26)4-2-7-28-8-5-24-22(27)20-11-16(15)14-30-20;/h5,9-12,14,18H,1-4,6-8,13,24H2;/t18-;/m0./s1. The first-order valence-electron chi connectivity index (χ1n) is 10.2. The quantitative estimate of drug-likeness (QED) is 0.461. The number of carbonyl (C=O) groups excluding carboxylic acids is 2. The van der Waals surface area contributed by atoms with Crippen LogP contribution in [0.15, 0.2) is 29.6 Å². The van der Waals surface area contributed by atoms with Gasteiger partial charge < -0.3 is 19.7 Å². The average Bonchev–Trinajstić information content (AvgIpc) is 3.40. The largest absolute Gasteiger partial charge is 0.491 e. The van der Waals surface area contributed by atoms with Crippen LogP contribution in [-0.2, 0) is 30.0 Å². The van der Waals surface area contributed by atoms with Gasteiger partial charge in [-0.3, -0.25) is 4.79 Å². The molecule has 2 aromatic rings. The zero-order chi connectivity index (χ0) is 20.9. The van der Waals surface area contributed by atoms with E-state index in [9.17, 15) is 14.0 Å². The molecule has 0 unspecified atom stereocenters. The van der Waals surface area contributed by atoms with Crippen molar-refractivity contribution in [1.82, 2.24) is 4.90 Å². The third kappa shape index (κ3) is 6.21. The molecule has 1 aromatic heterocycles. The summed E-state index contributed by atoms with van der Waals surface area (Å²) >= 11 is 1.33. The number of quaternary nitrogens is 1. The van der Waals surface area contributed by atoms with E-state index >= 15 is 0 Å². The minimum atomic E-state index is -0.399. The summed E-state index contributed by atoms with van der Waals surface area (Å²) in [5.41, 5.74) is 1.43. The van der Waals surface area contributed by atoms with Crippen molar-refractivity contribution in [3.63, 3.8) is 0 Å². The van der Waals surface area contributed by atoms with Crippen molar-refractivity contribution in [2.24, 2.45) is 0 Å². The number of thiophene rings is 1. The molecule has 2 aliphatic rings. The van der Waals surface area contributed by atoms with Gasteiger partial charge in [0.1, 0.15) is 23.1 Å². The van der Waals surface area contributed by atoms with Gasteiger partial charge in [-0.1, -0.05) is 0 Å². The van der Waals surface area contributed by atoms with Gasteiger partial charge in [0.25, 0.3) is 0 Å². The second kappa shape index (κ2) is 11.3. The summed E-state index contributed by atoms with van der Waals surface area (Å²) in [6.07, 6.45) is 2.87. The number of hydrogen-bond donors (Lipinski definition) is 1. The third-order valence-corrected chi connectivity index (χ3v) is 6.29. The van der Waals surface area contributed by atoms with E-state index in [2.05, 4.69) is 0 Å². The Morgan fingerprint density at radius 3 is 2.90 bits per heavy atom. The van der Waals surface area contributed by atoms with E-state index in [0.29, 0.717) is 48.9 Å². The molecule has 1 saturated heterocycles. The minimum absolute atomic E-state index is 0. The zero-order valence-corrected chi connectivity index (χ0v) is 20.6. The Bertz CT molecular complexity index is 923. The van der Waals surface area contributed by atoms with Crippen LogP contribution in [0.5, 0.6) is 5.75 Å². The van der Waals surface area contributed by atoms with Gasteiger partial charge in [-0.2, -0.15) is 0 Å². The number of primary amides is 1. The molecule has 0 aliphatic carbocycles. The van der Waals surface area contributed by atoms with Crippen molar-refractivity contribution >= 4 is 23.2 Å². The molecule has 3 heterocycles. The van der Waals surface area contributed by atoms with Crippen molar-refractivity contribution in [2.45, 2.75) is 31.7 Å². The van der Waals surface area contributed by atoms with Crippen LogP contribution in [0.4, 0.5) is 4.39 Å². The Labute approximate surface area is 198 Å². The monoisotopic (exact) mass is 619 g/mol. The second-order valence-electron chi connectivity index (χ2n) is 7.51. The molecule has 9 heteroatoms. The van der Waals surface area contributed by atoms with Crippen molar-refractivity contribution in [1.29, 1.82) is 0 Å². The zero-order valence-electron chi connectivity index (χ0n) is 17.0. The van der Waals surface area contributed by atoms with Gasteiger partial charge in [0.05, 0.1) is 6.04 Å². The number of carbonyl (C=O) groups is 2. The Morgan fingerprint density at radius 1 is 1.16 bits per heavy atom. The fourth-order valence-corrected chi connectivity index (χ4v) is 4.65. The maximum Gasteiger partial charge on any atom is 0.327 e. The van der Waals surface area contributed by atoms with Crippen LogP contribution in [0, 0.1) is 12.4 Å². The average molecular weight is 619 g/mol. The smallest absolute Gasteiger partial charge is 0.327 e. The maximum atomic E-state index is 14.2. The van der Waals surface area contributed by atoms with Crippen LogP contribution in [0.3, 0.4) is 0 Å². The number of rotatable bonds is 0. The number of benzene rings is 1. The molecule has 31 heavy (non-hydrogen) atoms. The summed E-state index contributed by atoms with van der Waals surface area (Å²) in [4.78, 5) is 27.4. The summed E-state index contributed by atoms with van der Waals surface area (Å²) in [5, 5.41) is 3.33. The van der Waals surface area contributed by atoms with Crippen molar-refractivity contribution in [3.05, 3.63) is 46.9 Å². The number of nitrogens with zero attached hydrogens (tertiary/aromatic N) is 1. The molecule has 6 nitrogen and oxygen atoms in total. The number of ether oxygens (including phenoxy) is 2. The topological polar surface area (TPSA) is 72.5 Å². The molecule has 2 aliphatic heterocycles. The van der Waals surface area contributed by atoms with E-state index in [1.807, 2.05) is 10.3 Å². The van der Waals surface area contributed by atoms with Crippen LogP contribution in [-0.4, -0.2) is 49.1 Å². The Morgan fingerprint density at radius 2 is 2.03 bits per heavy atom. The van der Waals surface area contributed by atoms with Crippen LogP contribution in [0.25, 0.3) is 11.1 Å². The van der Waals surface area contributed by atoms with Crippen LogP contribution >= 0.6 is 11.3 Å². The molecule has 4 rings (SSSR count). The van der Waals surface area contributed by atoms with E-state index in [-0.39, 0.29) is 38.3 Å². The molecule has 4 bridgehead atoms. The molecule has 1 radical (unpaired) electrons. The Kier molecular flexibility index (Phi) is 8.76. The molecule has 2 amide bonds. The fourth-order valence-electron chi connectivity index (χ4n) is 3.82. The summed E-state index contributed by atoms with van der Waals surface area (Å²) in [7, 11) is 0. The second-order valence-corrected chi connectivity index (χ2v) is 8.43. The summed E-state index contributed by atoms with van der Waals surface area (Å²) in [6.45, 7) is 3.54. The first kappa shape index (κ1) is 24.0. The third-order valence-electron chi connectivity index (χ3n) is 5.35. The fraction of sp³-hybridized carbons (Fsp3) is 0.409. The molecule has 2 N–H and O–H groups in total. The maximum absolute atomic E-state index is 14.2. The predicted molar refractivity (Wildman–Crippen MR) is 111 cm³/mol. The number of hydrogen-bond acceptors (Lipinski definition) is 5. The summed E-state index contributed by atoms with van der Waals surface area (Å²) < 4.78 is 25.6. The summed E-state index contributed by atoms with van der Waals surface area (Å²) in [6, 6.07) is 6.33. The normalized spacial score (nSPS) is 20.7. The molecule has 167 valence electrons. The Balaban J connectivity index is 0.00000272.